The van der Waals surface area contributed by atoms with E-state index in [2.05, 4.69) is 20.5 Å². The van der Waals surface area contributed by atoms with Crippen LogP contribution in [0, 0.1) is 10.1 Å². The third kappa shape index (κ3) is 4.05. The summed E-state index contributed by atoms with van der Waals surface area (Å²) < 4.78 is 5.30. The van der Waals surface area contributed by atoms with E-state index in [9.17, 15) is 10.1 Å². The summed E-state index contributed by atoms with van der Waals surface area (Å²) in [4.78, 5) is 17.3. The van der Waals surface area contributed by atoms with E-state index in [-0.39, 0.29) is 5.69 Å². The highest BCUT2D eigenvalue weighted by Gasteiger charge is 2.23. The van der Waals surface area contributed by atoms with Gasteiger partial charge in [0.1, 0.15) is 5.82 Å². The van der Waals surface area contributed by atoms with E-state index in [1.807, 2.05) is 0 Å². The van der Waals surface area contributed by atoms with Crippen molar-refractivity contribution in [1.29, 1.82) is 0 Å². The van der Waals surface area contributed by atoms with Crippen molar-refractivity contribution < 1.29 is 9.66 Å². The van der Waals surface area contributed by atoms with Gasteiger partial charge >= 0.3 is 5.69 Å². The van der Waals surface area contributed by atoms with Crippen LogP contribution in [0.2, 0.25) is 0 Å². The normalized spacial score (nSPS) is 18.9. The zero-order valence-electron chi connectivity index (χ0n) is 12.5. The Labute approximate surface area is 129 Å². The lowest BCUT2D eigenvalue weighted by Crippen LogP contribution is -2.39. The average Bonchev–Trinajstić information content (AvgIpc) is 3.32. The van der Waals surface area contributed by atoms with Gasteiger partial charge in [-0.15, -0.1) is 0 Å². The van der Waals surface area contributed by atoms with Crippen molar-refractivity contribution in [3.8, 4) is 0 Å². The van der Waals surface area contributed by atoms with Crippen molar-refractivity contribution in [2.75, 3.05) is 50.0 Å². The number of nitrogens with one attached hydrogen (secondary N) is 2. The van der Waals surface area contributed by atoms with Crippen molar-refractivity contribution in [3.05, 3.63) is 22.2 Å². The van der Waals surface area contributed by atoms with Gasteiger partial charge in [-0.2, -0.15) is 0 Å². The quantitative estimate of drug-likeness (QED) is 0.579. The van der Waals surface area contributed by atoms with Gasteiger partial charge in [0, 0.05) is 38.3 Å². The summed E-state index contributed by atoms with van der Waals surface area (Å²) in [6.45, 7) is 4.75. The van der Waals surface area contributed by atoms with Crippen LogP contribution in [-0.4, -0.2) is 60.2 Å². The fourth-order valence-corrected chi connectivity index (χ4v) is 2.40. The number of hydrogen-bond donors (Lipinski definition) is 2. The molecule has 2 aliphatic rings. The van der Waals surface area contributed by atoms with Crippen LogP contribution in [0.25, 0.3) is 0 Å². The molecule has 0 aromatic carbocycles. The van der Waals surface area contributed by atoms with Crippen LogP contribution in [0.1, 0.15) is 12.8 Å². The highest BCUT2D eigenvalue weighted by atomic mass is 16.6. The summed E-state index contributed by atoms with van der Waals surface area (Å²) >= 11 is 0. The van der Waals surface area contributed by atoms with E-state index in [0.717, 1.165) is 45.7 Å². The summed E-state index contributed by atoms with van der Waals surface area (Å²) in [7, 11) is 0. The summed E-state index contributed by atoms with van der Waals surface area (Å²) in [6.07, 6.45) is 2.27. The number of ether oxygens (including phenoxy) is 1. The van der Waals surface area contributed by atoms with E-state index in [1.54, 1.807) is 6.07 Å². The van der Waals surface area contributed by atoms with Gasteiger partial charge in [0.25, 0.3) is 0 Å². The third-order valence-electron chi connectivity index (χ3n) is 3.82. The topological polar surface area (TPSA) is 92.6 Å². The summed E-state index contributed by atoms with van der Waals surface area (Å²) in [5.74, 6) is 1.03. The number of aromatic nitrogens is 1. The molecular weight excluding hydrogens is 286 g/mol. The van der Waals surface area contributed by atoms with E-state index in [4.69, 9.17) is 4.74 Å². The lowest BCUT2D eigenvalue weighted by atomic mass is 10.3. The minimum absolute atomic E-state index is 0.0170. The first-order chi connectivity index (χ1) is 10.7. The molecule has 1 aromatic heterocycles. The molecule has 0 spiro atoms. The molecule has 1 saturated heterocycles. The predicted molar refractivity (Wildman–Crippen MR) is 83.3 cm³/mol. The fourth-order valence-electron chi connectivity index (χ4n) is 2.40. The Balaban J connectivity index is 1.59. The van der Waals surface area contributed by atoms with Gasteiger partial charge in [0.05, 0.1) is 18.1 Å². The molecule has 2 N–H and O–H groups in total. The number of rotatable bonds is 7. The number of pyridine rings is 1. The Hall–Kier alpha value is -1.93. The third-order valence-corrected chi connectivity index (χ3v) is 3.82. The second-order valence-corrected chi connectivity index (χ2v) is 5.62. The molecule has 1 saturated carbocycles. The van der Waals surface area contributed by atoms with E-state index in [0.29, 0.717) is 24.2 Å². The molecule has 0 unspecified atom stereocenters. The van der Waals surface area contributed by atoms with Gasteiger partial charge in [-0.25, -0.2) is 4.98 Å². The Morgan fingerprint density at radius 1 is 1.36 bits per heavy atom. The fraction of sp³-hybridized carbons (Fsp3) is 0.643. The molecule has 2 fully saturated rings. The zero-order valence-corrected chi connectivity index (χ0v) is 12.5. The van der Waals surface area contributed by atoms with Gasteiger partial charge < -0.3 is 15.4 Å². The molecular formula is C14H21N5O3. The van der Waals surface area contributed by atoms with Crippen molar-refractivity contribution in [3.63, 3.8) is 0 Å². The van der Waals surface area contributed by atoms with Crippen LogP contribution in [0.15, 0.2) is 12.1 Å². The monoisotopic (exact) mass is 307 g/mol. The Morgan fingerprint density at radius 3 is 2.82 bits per heavy atom. The zero-order chi connectivity index (χ0) is 15.4. The maximum absolute atomic E-state index is 11.1. The van der Waals surface area contributed by atoms with E-state index < -0.39 is 4.92 Å². The van der Waals surface area contributed by atoms with Crippen molar-refractivity contribution in [2.24, 2.45) is 0 Å². The SMILES string of the molecule is O=[N+]([O-])c1ccc(NC2CC2)nc1NCCN1CCOCC1. The van der Waals surface area contributed by atoms with Gasteiger partial charge in [0.15, 0.2) is 0 Å². The molecule has 0 atom stereocenters. The first kappa shape index (κ1) is 15.0. The van der Waals surface area contributed by atoms with Crippen LogP contribution in [-0.2, 0) is 4.74 Å². The van der Waals surface area contributed by atoms with Crippen molar-refractivity contribution >= 4 is 17.3 Å². The van der Waals surface area contributed by atoms with Gasteiger partial charge in [-0.3, -0.25) is 15.0 Å². The summed E-state index contributed by atoms with van der Waals surface area (Å²) in [6, 6.07) is 3.65. The Kier molecular flexibility index (Phi) is 4.69. The molecule has 1 aliphatic carbocycles. The minimum atomic E-state index is -0.398. The van der Waals surface area contributed by atoms with Crippen LogP contribution >= 0.6 is 0 Å². The van der Waals surface area contributed by atoms with E-state index >= 15 is 0 Å². The average molecular weight is 307 g/mol. The number of nitrogens with zero attached hydrogens (tertiary/aromatic N) is 3. The standard InChI is InChI=1S/C14H21N5O3/c20-19(21)12-3-4-13(16-11-1-2-11)17-14(12)15-5-6-18-7-9-22-10-8-18/h3-4,11H,1-2,5-10H2,(H2,15,16,17). The first-order valence-corrected chi connectivity index (χ1v) is 7.68. The largest absolute Gasteiger partial charge is 0.379 e. The summed E-state index contributed by atoms with van der Waals surface area (Å²) in [5, 5.41) is 17.5. The van der Waals surface area contributed by atoms with Crippen molar-refractivity contribution in [2.45, 2.75) is 18.9 Å². The molecule has 3 rings (SSSR count). The van der Waals surface area contributed by atoms with Crippen molar-refractivity contribution in [1.82, 2.24) is 9.88 Å². The van der Waals surface area contributed by atoms with Crippen LogP contribution in [0.5, 0.6) is 0 Å². The molecule has 2 heterocycles. The smallest absolute Gasteiger partial charge is 0.311 e. The molecule has 8 nitrogen and oxygen atoms in total. The predicted octanol–water partition coefficient (Wildman–Crippen LogP) is 1.31. The molecule has 0 bridgehead atoms. The lowest BCUT2D eigenvalue weighted by Gasteiger charge is -2.26. The minimum Gasteiger partial charge on any atom is -0.379 e. The molecule has 120 valence electrons. The van der Waals surface area contributed by atoms with Gasteiger partial charge in [-0.05, 0) is 18.9 Å². The Bertz CT molecular complexity index is 529. The number of nitro groups is 1. The second-order valence-electron chi connectivity index (χ2n) is 5.62. The summed E-state index contributed by atoms with van der Waals surface area (Å²) in [5.41, 5.74) is 0.0170. The lowest BCUT2D eigenvalue weighted by molar-refractivity contribution is -0.384. The molecule has 0 amide bonds. The molecule has 0 radical (unpaired) electrons. The first-order valence-electron chi connectivity index (χ1n) is 7.68. The van der Waals surface area contributed by atoms with Gasteiger partial charge in [0.2, 0.25) is 5.82 Å². The number of anilines is 2. The molecule has 22 heavy (non-hydrogen) atoms. The van der Waals surface area contributed by atoms with E-state index in [1.165, 1.54) is 6.07 Å². The molecule has 8 heteroatoms. The number of hydrogen-bond acceptors (Lipinski definition) is 7. The number of morpholine rings is 1. The maximum atomic E-state index is 11.1. The van der Waals surface area contributed by atoms with Crippen LogP contribution in [0.4, 0.5) is 17.3 Å². The highest BCUT2D eigenvalue weighted by Crippen LogP contribution is 2.28. The maximum Gasteiger partial charge on any atom is 0.311 e. The Morgan fingerprint density at radius 2 is 2.14 bits per heavy atom. The molecule has 1 aliphatic heterocycles. The van der Waals surface area contributed by atoms with Gasteiger partial charge in [-0.1, -0.05) is 0 Å². The highest BCUT2D eigenvalue weighted by molar-refractivity contribution is 5.60. The van der Waals surface area contributed by atoms with Crippen LogP contribution < -0.4 is 10.6 Å². The van der Waals surface area contributed by atoms with Crippen LogP contribution in [0.3, 0.4) is 0 Å². The second kappa shape index (κ2) is 6.89. The molecule has 1 aromatic rings.